The van der Waals surface area contributed by atoms with Gasteiger partial charge in [-0.2, -0.15) is 5.10 Å². The second-order valence-electron chi connectivity index (χ2n) is 3.23. The van der Waals surface area contributed by atoms with Gasteiger partial charge in [0.25, 0.3) is 0 Å². The summed E-state index contributed by atoms with van der Waals surface area (Å²) in [5.74, 6) is 1.66. The monoisotopic (exact) mass is 297 g/mol. The van der Waals surface area contributed by atoms with E-state index in [4.69, 9.17) is 5.73 Å². The molecule has 2 aromatic rings. The number of thioether (sulfide) groups is 1. The van der Waals surface area contributed by atoms with Crippen LogP contribution < -0.4 is 5.73 Å². The second kappa shape index (κ2) is 4.93. The van der Waals surface area contributed by atoms with E-state index in [1.54, 1.807) is 16.4 Å². The van der Waals surface area contributed by atoms with Gasteiger partial charge in [0, 0.05) is 10.5 Å². The second-order valence-corrected chi connectivity index (χ2v) is 5.43. The largest absolute Gasteiger partial charge is 0.384 e. The van der Waals surface area contributed by atoms with Crippen LogP contribution in [0.2, 0.25) is 0 Å². The van der Waals surface area contributed by atoms with Gasteiger partial charge in [-0.3, -0.25) is 0 Å². The van der Waals surface area contributed by atoms with Crippen molar-refractivity contribution < 1.29 is 0 Å². The van der Waals surface area contributed by atoms with Crippen molar-refractivity contribution in [1.82, 2.24) is 9.78 Å². The molecule has 5 heteroatoms. The topological polar surface area (TPSA) is 43.8 Å². The van der Waals surface area contributed by atoms with Gasteiger partial charge in [-0.05, 0) is 30.0 Å². The van der Waals surface area contributed by atoms with E-state index in [1.807, 2.05) is 30.3 Å². The molecule has 2 N–H and O–H groups in total. The zero-order valence-electron chi connectivity index (χ0n) is 8.85. The van der Waals surface area contributed by atoms with Crippen LogP contribution in [0.1, 0.15) is 6.92 Å². The molecule has 0 aliphatic rings. The van der Waals surface area contributed by atoms with Crippen LogP contribution in [0.15, 0.2) is 39.8 Å². The van der Waals surface area contributed by atoms with Crippen molar-refractivity contribution in [1.29, 1.82) is 0 Å². The summed E-state index contributed by atoms with van der Waals surface area (Å²) in [5.41, 5.74) is 6.89. The molecule has 0 saturated heterocycles. The summed E-state index contributed by atoms with van der Waals surface area (Å²) >= 11 is 5.09. The average Bonchev–Trinajstić information content (AvgIpc) is 2.61. The molecule has 0 bridgehead atoms. The van der Waals surface area contributed by atoms with Gasteiger partial charge < -0.3 is 5.73 Å². The number of hydrogen-bond acceptors (Lipinski definition) is 3. The highest BCUT2D eigenvalue weighted by Gasteiger charge is 2.06. The van der Waals surface area contributed by atoms with E-state index in [0.29, 0.717) is 5.82 Å². The third-order valence-corrected chi connectivity index (χ3v) is 3.39. The minimum Gasteiger partial charge on any atom is -0.384 e. The molecule has 0 fully saturated rings. The van der Waals surface area contributed by atoms with Crippen LogP contribution in [0.3, 0.4) is 0 Å². The molecule has 16 heavy (non-hydrogen) atoms. The zero-order chi connectivity index (χ0) is 11.5. The van der Waals surface area contributed by atoms with Gasteiger partial charge in [0.1, 0.15) is 10.8 Å². The highest BCUT2D eigenvalue weighted by molar-refractivity contribution is 9.10. The van der Waals surface area contributed by atoms with Crippen LogP contribution in [0.5, 0.6) is 0 Å². The van der Waals surface area contributed by atoms with Crippen molar-refractivity contribution in [2.75, 3.05) is 11.5 Å². The number of nitrogens with zero attached hydrogens (tertiary/aromatic N) is 2. The third-order valence-electron chi connectivity index (χ3n) is 2.08. The Bertz CT molecular complexity index is 478. The van der Waals surface area contributed by atoms with Gasteiger partial charge in [0.15, 0.2) is 0 Å². The fourth-order valence-electron chi connectivity index (χ4n) is 1.38. The maximum absolute atomic E-state index is 5.92. The Morgan fingerprint density at radius 2 is 2.06 bits per heavy atom. The van der Waals surface area contributed by atoms with Gasteiger partial charge >= 0.3 is 0 Å². The molecule has 1 aromatic heterocycles. The zero-order valence-corrected chi connectivity index (χ0v) is 11.3. The van der Waals surface area contributed by atoms with E-state index < -0.39 is 0 Å². The van der Waals surface area contributed by atoms with Crippen molar-refractivity contribution in [3.63, 3.8) is 0 Å². The van der Waals surface area contributed by atoms with Crippen molar-refractivity contribution in [2.24, 2.45) is 0 Å². The van der Waals surface area contributed by atoms with Gasteiger partial charge in [-0.1, -0.05) is 22.9 Å². The maximum atomic E-state index is 5.92. The molecule has 0 spiro atoms. The van der Waals surface area contributed by atoms with Crippen LogP contribution in [0.25, 0.3) is 5.69 Å². The minimum atomic E-state index is 0.665. The molecule has 2 rings (SSSR count). The number of nitrogen functional groups attached to an aromatic ring is 1. The number of hydrogen-bond donors (Lipinski definition) is 1. The van der Waals surface area contributed by atoms with Crippen LogP contribution in [0, 0.1) is 0 Å². The summed E-state index contributed by atoms with van der Waals surface area (Å²) in [6, 6.07) is 9.81. The van der Waals surface area contributed by atoms with Crippen molar-refractivity contribution >= 4 is 33.5 Å². The normalized spacial score (nSPS) is 10.6. The van der Waals surface area contributed by atoms with E-state index >= 15 is 0 Å². The molecule has 0 unspecified atom stereocenters. The van der Waals surface area contributed by atoms with Crippen LogP contribution in [-0.4, -0.2) is 15.5 Å². The number of rotatable bonds is 3. The highest BCUT2D eigenvalue weighted by atomic mass is 79.9. The lowest BCUT2D eigenvalue weighted by Crippen LogP contribution is -2.01. The quantitative estimate of drug-likeness (QED) is 0.884. The first-order chi connectivity index (χ1) is 7.70. The lowest BCUT2D eigenvalue weighted by atomic mass is 10.3. The average molecular weight is 298 g/mol. The molecule has 1 heterocycles. The highest BCUT2D eigenvalue weighted by Crippen LogP contribution is 2.22. The third kappa shape index (κ3) is 2.41. The van der Waals surface area contributed by atoms with Crippen LogP contribution in [-0.2, 0) is 0 Å². The molecular formula is C11H12BrN3S. The van der Waals surface area contributed by atoms with E-state index in [9.17, 15) is 0 Å². The Hall–Kier alpha value is -0.940. The fraction of sp³-hybridized carbons (Fsp3) is 0.182. The summed E-state index contributed by atoms with van der Waals surface area (Å²) in [6.07, 6.45) is 0. The molecular weight excluding hydrogens is 286 g/mol. The first kappa shape index (κ1) is 11.5. The number of halogens is 1. The summed E-state index contributed by atoms with van der Waals surface area (Å²) in [7, 11) is 0. The Labute approximate surface area is 107 Å². The van der Waals surface area contributed by atoms with E-state index in [-0.39, 0.29) is 0 Å². The SMILES string of the molecule is CCSc1cc(N)n(-c2ccc(Br)cc2)n1. The maximum Gasteiger partial charge on any atom is 0.128 e. The molecule has 0 aliphatic carbocycles. The predicted octanol–water partition coefficient (Wildman–Crippen LogP) is 3.33. The Morgan fingerprint density at radius 3 is 2.69 bits per heavy atom. The molecule has 0 radical (unpaired) electrons. The van der Waals surface area contributed by atoms with Gasteiger partial charge in [0.2, 0.25) is 0 Å². The Morgan fingerprint density at radius 1 is 1.38 bits per heavy atom. The number of nitrogens with two attached hydrogens (primary N) is 1. The summed E-state index contributed by atoms with van der Waals surface area (Å²) in [4.78, 5) is 0. The minimum absolute atomic E-state index is 0.665. The molecule has 0 amide bonds. The first-order valence-electron chi connectivity index (χ1n) is 4.95. The number of anilines is 1. The molecule has 0 saturated carbocycles. The lowest BCUT2D eigenvalue weighted by molar-refractivity contribution is 0.845. The van der Waals surface area contributed by atoms with Crippen molar-refractivity contribution in [2.45, 2.75) is 11.9 Å². The Kier molecular flexibility index (Phi) is 3.56. The van der Waals surface area contributed by atoms with Gasteiger partial charge in [0.05, 0.1) is 5.69 Å². The standard InChI is InChI=1S/C11H12BrN3S/c1-2-16-11-7-10(13)15(14-11)9-5-3-8(12)4-6-9/h3-7H,2,13H2,1H3. The summed E-state index contributed by atoms with van der Waals surface area (Å²) in [5, 5.41) is 5.40. The number of aromatic nitrogens is 2. The predicted molar refractivity (Wildman–Crippen MR) is 72.1 cm³/mol. The molecule has 84 valence electrons. The first-order valence-corrected chi connectivity index (χ1v) is 6.73. The van der Waals surface area contributed by atoms with Crippen LogP contribution >= 0.6 is 27.7 Å². The summed E-state index contributed by atoms with van der Waals surface area (Å²) in [6.45, 7) is 2.10. The van der Waals surface area contributed by atoms with E-state index in [0.717, 1.165) is 20.9 Å². The molecule has 3 nitrogen and oxygen atoms in total. The van der Waals surface area contributed by atoms with Gasteiger partial charge in [-0.25, -0.2) is 4.68 Å². The summed E-state index contributed by atoms with van der Waals surface area (Å²) < 4.78 is 2.80. The van der Waals surface area contributed by atoms with Crippen LogP contribution in [0.4, 0.5) is 5.82 Å². The molecule has 0 atom stereocenters. The molecule has 0 aliphatic heterocycles. The van der Waals surface area contributed by atoms with E-state index in [1.165, 1.54) is 0 Å². The van der Waals surface area contributed by atoms with Gasteiger partial charge in [-0.15, -0.1) is 11.8 Å². The molecule has 1 aromatic carbocycles. The lowest BCUT2D eigenvalue weighted by Gasteiger charge is -2.03. The van der Waals surface area contributed by atoms with E-state index in [2.05, 4.69) is 28.0 Å². The Balaban J connectivity index is 2.36. The smallest absolute Gasteiger partial charge is 0.128 e. The fourth-order valence-corrected chi connectivity index (χ4v) is 2.28. The number of benzene rings is 1. The van der Waals surface area contributed by atoms with Crippen molar-refractivity contribution in [3.05, 3.63) is 34.8 Å². The van der Waals surface area contributed by atoms with Crippen molar-refractivity contribution in [3.8, 4) is 5.69 Å².